The van der Waals surface area contributed by atoms with Crippen LogP contribution in [0.4, 0.5) is 0 Å². The number of ether oxygens (including phenoxy) is 2. The number of methoxy groups -OCH3 is 1. The second-order valence-electron chi connectivity index (χ2n) is 7.71. The number of likely N-dealkylation sites (tertiary alicyclic amines) is 1. The molecule has 2 amide bonds. The van der Waals surface area contributed by atoms with Crippen molar-refractivity contribution in [3.63, 3.8) is 0 Å². The van der Waals surface area contributed by atoms with E-state index in [4.69, 9.17) is 9.47 Å². The van der Waals surface area contributed by atoms with Crippen LogP contribution in [-0.4, -0.2) is 60.6 Å². The van der Waals surface area contributed by atoms with E-state index in [9.17, 15) is 9.59 Å². The van der Waals surface area contributed by atoms with Gasteiger partial charge in [-0.05, 0) is 24.1 Å². The lowest BCUT2D eigenvalue weighted by molar-refractivity contribution is -0.142. The molecule has 2 fully saturated rings. The molecule has 1 aromatic carbocycles. The molecule has 3 aliphatic rings. The molecule has 144 valence electrons. The molecule has 0 radical (unpaired) electrons. The van der Waals surface area contributed by atoms with Gasteiger partial charge in [0.25, 0.3) is 0 Å². The summed E-state index contributed by atoms with van der Waals surface area (Å²) in [6.07, 6.45) is 4.56. The van der Waals surface area contributed by atoms with E-state index in [0.717, 1.165) is 17.7 Å². The van der Waals surface area contributed by atoms with Crippen molar-refractivity contribution in [2.75, 3.05) is 27.2 Å². The molecule has 0 unspecified atom stereocenters. The van der Waals surface area contributed by atoms with Gasteiger partial charge in [0.1, 0.15) is 11.4 Å². The molecule has 6 heteroatoms. The zero-order valence-electron chi connectivity index (χ0n) is 16.1. The molecule has 2 bridgehead atoms. The molecule has 0 saturated carbocycles. The van der Waals surface area contributed by atoms with Crippen LogP contribution in [-0.2, 0) is 20.9 Å². The molecule has 0 aliphatic carbocycles. The van der Waals surface area contributed by atoms with Crippen LogP contribution in [0.2, 0.25) is 0 Å². The van der Waals surface area contributed by atoms with Crippen molar-refractivity contribution in [3.8, 4) is 5.75 Å². The lowest BCUT2D eigenvalue weighted by Gasteiger charge is -2.27. The lowest BCUT2D eigenvalue weighted by atomic mass is 9.76. The summed E-state index contributed by atoms with van der Waals surface area (Å²) < 4.78 is 11.5. The van der Waals surface area contributed by atoms with Crippen molar-refractivity contribution in [1.82, 2.24) is 9.80 Å². The Labute approximate surface area is 159 Å². The van der Waals surface area contributed by atoms with Crippen LogP contribution in [0.3, 0.4) is 0 Å². The number of benzene rings is 1. The number of hydrogen-bond acceptors (Lipinski definition) is 4. The average molecular weight is 370 g/mol. The summed E-state index contributed by atoms with van der Waals surface area (Å²) >= 11 is 0. The van der Waals surface area contributed by atoms with Crippen LogP contribution in [0, 0.1) is 11.8 Å². The summed E-state index contributed by atoms with van der Waals surface area (Å²) in [5, 5.41) is 0. The van der Waals surface area contributed by atoms with Gasteiger partial charge in [0.2, 0.25) is 11.8 Å². The molecule has 4 rings (SSSR count). The van der Waals surface area contributed by atoms with E-state index in [-0.39, 0.29) is 17.9 Å². The van der Waals surface area contributed by atoms with Crippen LogP contribution in [0.5, 0.6) is 5.75 Å². The highest BCUT2D eigenvalue weighted by atomic mass is 16.5. The summed E-state index contributed by atoms with van der Waals surface area (Å²) in [6.45, 7) is 3.70. The first-order chi connectivity index (χ1) is 13.0. The van der Waals surface area contributed by atoms with E-state index < -0.39 is 17.4 Å². The molecule has 1 aromatic rings. The first-order valence-corrected chi connectivity index (χ1v) is 9.53. The molecule has 6 nitrogen and oxygen atoms in total. The fourth-order valence-electron chi connectivity index (χ4n) is 4.69. The Bertz CT molecular complexity index is 792. The smallest absolute Gasteiger partial charge is 0.230 e. The van der Waals surface area contributed by atoms with Gasteiger partial charge in [-0.2, -0.15) is 0 Å². The van der Waals surface area contributed by atoms with Crippen LogP contribution in [0.25, 0.3) is 0 Å². The topological polar surface area (TPSA) is 59.1 Å². The van der Waals surface area contributed by atoms with Crippen LogP contribution < -0.4 is 4.74 Å². The fraction of sp³-hybridized carbons (Fsp3) is 0.524. The number of carbonyl (C=O) groups is 2. The van der Waals surface area contributed by atoms with Gasteiger partial charge in [-0.25, -0.2) is 0 Å². The molecule has 0 aromatic heterocycles. The van der Waals surface area contributed by atoms with Crippen molar-refractivity contribution in [2.24, 2.45) is 11.8 Å². The average Bonchev–Trinajstić information content (AvgIpc) is 3.30. The summed E-state index contributed by atoms with van der Waals surface area (Å²) in [6, 6.07) is 7.72. The van der Waals surface area contributed by atoms with Crippen molar-refractivity contribution < 1.29 is 19.1 Å². The fourth-order valence-corrected chi connectivity index (χ4v) is 4.69. The minimum atomic E-state index is -0.659. The van der Waals surface area contributed by atoms with Crippen LogP contribution in [0.15, 0.2) is 36.4 Å². The molecule has 27 heavy (non-hydrogen) atoms. The number of fused-ring (bicyclic) bond motifs is 1. The second-order valence-corrected chi connectivity index (χ2v) is 7.71. The third kappa shape index (κ3) is 2.83. The Morgan fingerprint density at radius 2 is 2.26 bits per heavy atom. The lowest BCUT2D eigenvalue weighted by Crippen LogP contribution is -2.44. The number of nitrogens with zero attached hydrogens (tertiary/aromatic N) is 2. The van der Waals surface area contributed by atoms with E-state index in [1.807, 2.05) is 55.3 Å². The van der Waals surface area contributed by atoms with Crippen molar-refractivity contribution >= 4 is 11.8 Å². The molecule has 3 heterocycles. The number of carbonyl (C=O) groups excluding carboxylic acids is 2. The maximum absolute atomic E-state index is 13.2. The zero-order valence-corrected chi connectivity index (χ0v) is 16.1. The maximum atomic E-state index is 13.2. The molecule has 2 saturated heterocycles. The number of amides is 2. The zero-order chi connectivity index (χ0) is 19.2. The van der Waals surface area contributed by atoms with Gasteiger partial charge in [0, 0.05) is 20.1 Å². The van der Waals surface area contributed by atoms with E-state index in [2.05, 4.69) is 0 Å². The third-order valence-corrected chi connectivity index (χ3v) is 5.91. The Hall–Kier alpha value is -2.34. The highest BCUT2D eigenvalue weighted by molar-refractivity contribution is 5.93. The van der Waals surface area contributed by atoms with E-state index in [0.29, 0.717) is 19.6 Å². The quantitative estimate of drug-likeness (QED) is 0.717. The van der Waals surface area contributed by atoms with Crippen molar-refractivity contribution in [3.05, 3.63) is 42.0 Å². The standard InChI is InChI=1S/C21H26N2O4/c1-4-10-22(2)19(24)17-16-8-9-21(27-16)13-23(20(25)18(17)21)12-14-6-5-7-15(11-14)26-3/h5-9,11,16-18H,4,10,12-13H2,1-3H3/t16-,17+,18+,21-/m0/s1. The molecule has 4 atom stereocenters. The van der Waals surface area contributed by atoms with Crippen molar-refractivity contribution in [1.29, 1.82) is 0 Å². The number of hydrogen-bond donors (Lipinski definition) is 0. The minimum absolute atomic E-state index is 0.00733. The van der Waals surface area contributed by atoms with Crippen molar-refractivity contribution in [2.45, 2.75) is 31.6 Å². The van der Waals surface area contributed by atoms with Crippen LogP contribution in [0.1, 0.15) is 18.9 Å². The second kappa shape index (κ2) is 6.68. The van der Waals surface area contributed by atoms with E-state index in [1.165, 1.54) is 0 Å². The summed E-state index contributed by atoms with van der Waals surface area (Å²) in [7, 11) is 3.44. The molecule has 1 spiro atoms. The van der Waals surface area contributed by atoms with E-state index in [1.54, 1.807) is 12.0 Å². The molecular weight excluding hydrogens is 344 g/mol. The first kappa shape index (κ1) is 18.0. The Kier molecular flexibility index (Phi) is 4.46. The minimum Gasteiger partial charge on any atom is -0.497 e. The van der Waals surface area contributed by atoms with Gasteiger partial charge >= 0.3 is 0 Å². The first-order valence-electron chi connectivity index (χ1n) is 9.53. The predicted octanol–water partition coefficient (Wildman–Crippen LogP) is 1.85. The largest absolute Gasteiger partial charge is 0.497 e. The molecular formula is C21H26N2O4. The van der Waals surface area contributed by atoms with E-state index >= 15 is 0 Å². The summed E-state index contributed by atoms with van der Waals surface area (Å²) in [5.74, 6) is -0.0642. The summed E-state index contributed by atoms with van der Waals surface area (Å²) in [5.41, 5.74) is 0.345. The Morgan fingerprint density at radius 1 is 1.44 bits per heavy atom. The van der Waals surface area contributed by atoms with Gasteiger partial charge < -0.3 is 19.3 Å². The SMILES string of the molecule is CCCN(C)C(=O)[C@@H]1[C@@H]2C=C[C@@]3(CN(Cc4cccc(OC)c4)C(=O)[C@@H]13)O2. The Balaban J connectivity index is 1.56. The van der Waals surface area contributed by atoms with Gasteiger partial charge in [-0.1, -0.05) is 31.2 Å². The summed E-state index contributed by atoms with van der Waals surface area (Å²) in [4.78, 5) is 29.8. The molecule has 3 aliphatic heterocycles. The third-order valence-electron chi connectivity index (χ3n) is 5.91. The predicted molar refractivity (Wildman–Crippen MR) is 100 cm³/mol. The van der Waals surface area contributed by atoms with Gasteiger partial charge in [0.05, 0.1) is 31.6 Å². The molecule has 0 N–H and O–H groups in total. The normalized spacial score (nSPS) is 30.7. The van der Waals surface area contributed by atoms with Gasteiger partial charge in [-0.15, -0.1) is 0 Å². The highest BCUT2D eigenvalue weighted by Gasteiger charge is 2.66. The van der Waals surface area contributed by atoms with Gasteiger partial charge in [-0.3, -0.25) is 9.59 Å². The Morgan fingerprint density at radius 3 is 3.00 bits per heavy atom. The number of rotatable bonds is 6. The highest BCUT2D eigenvalue weighted by Crippen LogP contribution is 2.52. The maximum Gasteiger partial charge on any atom is 0.230 e. The van der Waals surface area contributed by atoms with Gasteiger partial charge in [0.15, 0.2) is 0 Å². The van der Waals surface area contributed by atoms with Crippen LogP contribution >= 0.6 is 0 Å². The monoisotopic (exact) mass is 370 g/mol.